The molecule has 1 saturated heterocycles. The molecular formula is C49H66N7O17P2S4+. The van der Waals surface area contributed by atoms with Crippen molar-refractivity contribution in [2.75, 3.05) is 103 Å². The molecule has 1 aliphatic heterocycles. The third-order valence-corrected chi connectivity index (χ3v) is 18.1. The zero-order valence-corrected chi connectivity index (χ0v) is 48.8. The Kier molecular flexibility index (Phi) is 27.1. The van der Waals surface area contributed by atoms with Crippen molar-refractivity contribution in [1.82, 2.24) is 30.5 Å². The first-order valence-corrected chi connectivity index (χ1v) is 32.6. The van der Waals surface area contributed by atoms with Crippen LogP contribution in [0.5, 0.6) is 0 Å². The predicted octanol–water partition coefficient (Wildman–Crippen LogP) is 8.12. The lowest BCUT2D eigenvalue weighted by Gasteiger charge is -2.22. The number of unbranched alkanes of at least 4 members (excludes halogenated alkanes) is 1. The van der Waals surface area contributed by atoms with Gasteiger partial charge in [-0.05, 0) is 65.9 Å². The molecule has 432 valence electrons. The lowest BCUT2D eigenvalue weighted by atomic mass is 9.98. The largest absolute Gasteiger partial charge is 0.705 e. The number of phosphoric ester groups is 1. The van der Waals surface area contributed by atoms with E-state index in [1.165, 1.54) is 39.0 Å². The highest BCUT2D eigenvalue weighted by Crippen LogP contribution is 2.51. The minimum atomic E-state index is -4.86. The molecule has 1 fully saturated rings. The molecule has 5 atom stereocenters. The number of fused-ring (bicyclic) bond motifs is 4. The second-order valence-corrected chi connectivity index (χ2v) is 25.5. The summed E-state index contributed by atoms with van der Waals surface area (Å²) in [6.07, 6.45) is 3.14. The number of carbonyl (C=O) groups is 3. The van der Waals surface area contributed by atoms with Crippen molar-refractivity contribution in [3.8, 4) is 23.0 Å². The first-order chi connectivity index (χ1) is 38.1. The van der Waals surface area contributed by atoms with Gasteiger partial charge in [0.15, 0.2) is 0 Å². The molecule has 1 aliphatic carbocycles. The molecule has 3 unspecified atom stereocenters. The van der Waals surface area contributed by atoms with Crippen LogP contribution in [0.25, 0.3) is 22.2 Å². The van der Waals surface area contributed by atoms with E-state index in [4.69, 9.17) is 53.0 Å². The van der Waals surface area contributed by atoms with Crippen LogP contribution in [0.3, 0.4) is 0 Å². The number of hydrogen-bond acceptors (Lipinski definition) is 22. The molecule has 3 heterocycles. The molecule has 3 amide bonds. The number of nitrogens with zero attached hydrogens (tertiary/aromatic N) is 3. The molecule has 0 radical (unpaired) electrons. The lowest BCUT2D eigenvalue weighted by molar-refractivity contribution is -0.0518. The average molecular weight is 1220 g/mol. The monoisotopic (exact) mass is 1210 g/mol. The molecule has 2 aromatic heterocycles. The molecule has 0 spiro atoms. The van der Waals surface area contributed by atoms with Gasteiger partial charge < -0.3 is 64.1 Å². The number of alkyl carbamates (subject to hydrolysis) is 3. The molecule has 79 heavy (non-hydrogen) atoms. The quantitative estimate of drug-likeness (QED) is 0.00642. The molecule has 24 nitrogen and oxygen atoms in total. The van der Waals surface area contributed by atoms with Gasteiger partial charge in [0.2, 0.25) is 0 Å². The van der Waals surface area contributed by atoms with Gasteiger partial charge in [-0.15, -0.1) is 4.89 Å². The van der Waals surface area contributed by atoms with Crippen LogP contribution in [0.1, 0.15) is 68.4 Å². The highest BCUT2D eigenvalue weighted by molar-refractivity contribution is 8.77. The minimum absolute atomic E-state index is 0.00478. The Morgan fingerprint density at radius 3 is 2.22 bits per heavy atom. The van der Waals surface area contributed by atoms with Crippen LogP contribution in [0.15, 0.2) is 61.1 Å². The standard InChI is InChI=1S/C49H65N7O17P2S4/c1-49(2,16-22-68-47(58)52-18-23-64-25-26-65-24-19-53-48(59)69-29-39-37-14-6-4-12-35(37)36-13-5-7-15-38(36)39)79-78-32-66-20-8-9-21-67-46(57)51-17-10-11-34-28-56(45-43(34)44(50)54-31-55-45)42-27-40(70-33-77-76-3)41(72-42)30-71-75(62,63)73-74(60)61/h4-7,12-15,28,31,39-42H,8-9,16-27,29-30,32-33H2,1-3H3,(H6-,50,51,52,53,54,55,57,58,59,60,61,62,63)/p+1/t40?,41-,42-/m1/s1. The third-order valence-electron chi connectivity index (χ3n) is 11.7. The normalized spacial score (nSPS) is 16.8. The zero-order valence-electron chi connectivity index (χ0n) is 43.8. The molecule has 0 saturated carbocycles. The summed E-state index contributed by atoms with van der Waals surface area (Å²) in [5.74, 6) is 6.76. The Hall–Kier alpha value is -4.40. The van der Waals surface area contributed by atoms with E-state index in [-0.39, 0.29) is 68.4 Å². The maximum atomic E-state index is 12.4. The molecular weight excluding hydrogens is 1150 g/mol. The summed E-state index contributed by atoms with van der Waals surface area (Å²) in [5, 5.41) is 8.44. The van der Waals surface area contributed by atoms with Crippen molar-refractivity contribution in [2.24, 2.45) is 0 Å². The van der Waals surface area contributed by atoms with Crippen molar-refractivity contribution in [2.45, 2.75) is 68.6 Å². The predicted molar refractivity (Wildman–Crippen MR) is 302 cm³/mol. The van der Waals surface area contributed by atoms with E-state index in [2.05, 4.69) is 80.2 Å². The number of aromatic nitrogens is 3. The fraction of sp³-hybridized carbons (Fsp3) is 0.531. The van der Waals surface area contributed by atoms with Crippen LogP contribution in [0, 0.1) is 11.8 Å². The fourth-order valence-electron chi connectivity index (χ4n) is 8.02. The van der Waals surface area contributed by atoms with Crippen LogP contribution in [-0.2, 0) is 55.9 Å². The molecule has 2 aliphatic rings. The number of hydrogen-bond donors (Lipinski definition) is 6. The van der Waals surface area contributed by atoms with Gasteiger partial charge in [0.25, 0.3) is 0 Å². The van der Waals surface area contributed by atoms with E-state index < -0.39 is 59.4 Å². The van der Waals surface area contributed by atoms with E-state index >= 15 is 0 Å². The van der Waals surface area contributed by atoms with E-state index in [9.17, 15) is 28.4 Å². The Morgan fingerprint density at radius 2 is 1.52 bits per heavy atom. The first-order valence-electron chi connectivity index (χ1n) is 24.9. The topological polar surface area (TPSA) is 311 Å². The molecule has 6 rings (SSSR count). The number of ether oxygens (including phenoxy) is 8. The van der Waals surface area contributed by atoms with Crippen molar-refractivity contribution in [3.05, 3.63) is 77.7 Å². The van der Waals surface area contributed by atoms with E-state index in [1.807, 2.05) is 30.5 Å². The summed E-state index contributed by atoms with van der Waals surface area (Å²) in [4.78, 5) is 64.1. The van der Waals surface area contributed by atoms with Crippen LogP contribution in [-0.4, -0.2) is 157 Å². The highest BCUT2D eigenvalue weighted by atomic mass is 33.1. The second-order valence-electron chi connectivity index (χ2n) is 17.7. The maximum absolute atomic E-state index is 12.4. The molecule has 30 heteroatoms. The summed E-state index contributed by atoms with van der Waals surface area (Å²) < 4.78 is 78.7. The number of benzene rings is 2. The smallest absolute Gasteiger partial charge is 0.450 e. The summed E-state index contributed by atoms with van der Waals surface area (Å²) in [7, 11) is -2.14. The number of amides is 3. The Balaban J connectivity index is 0.742. The van der Waals surface area contributed by atoms with Crippen LogP contribution in [0.2, 0.25) is 0 Å². The molecule has 4 aromatic rings. The zero-order chi connectivity index (χ0) is 56.5. The van der Waals surface area contributed by atoms with Crippen molar-refractivity contribution >= 4 is 94.4 Å². The summed E-state index contributed by atoms with van der Waals surface area (Å²) in [6.45, 7) is 6.56. The Bertz CT molecular complexity index is 2700. The van der Waals surface area contributed by atoms with Gasteiger partial charge in [0, 0.05) is 47.5 Å². The highest BCUT2D eigenvalue weighted by Gasteiger charge is 2.42. The van der Waals surface area contributed by atoms with Crippen LogP contribution < -0.4 is 21.7 Å². The second kappa shape index (κ2) is 33.5. The van der Waals surface area contributed by atoms with E-state index in [0.717, 1.165) is 11.1 Å². The van der Waals surface area contributed by atoms with Gasteiger partial charge in [-0.2, -0.15) is 0 Å². The first kappa shape index (κ1) is 63.8. The number of nitrogens with two attached hydrogens (primary N) is 1. The molecule has 0 bridgehead atoms. The van der Waals surface area contributed by atoms with E-state index in [1.54, 1.807) is 32.4 Å². The number of nitrogen functional groups attached to an aromatic ring is 1. The number of nitrogens with one attached hydrogen (secondary N) is 3. The Morgan fingerprint density at radius 1 is 0.861 bits per heavy atom. The summed E-state index contributed by atoms with van der Waals surface area (Å²) in [5.41, 5.74) is 11.7. The number of carbonyl (C=O) groups excluding carboxylic acids is 3. The third kappa shape index (κ3) is 21.5. The van der Waals surface area contributed by atoms with Crippen molar-refractivity contribution in [3.63, 3.8) is 0 Å². The number of rotatable bonds is 34. The van der Waals surface area contributed by atoms with Gasteiger partial charge in [-0.25, -0.2) is 28.9 Å². The van der Waals surface area contributed by atoms with Crippen molar-refractivity contribution in [1.29, 1.82) is 0 Å². The number of phosphoric acid groups is 1. The average Bonchev–Trinajstić information content (AvgIpc) is 4.29. The van der Waals surface area contributed by atoms with Gasteiger partial charge in [0.1, 0.15) is 48.6 Å². The van der Waals surface area contributed by atoms with Crippen LogP contribution in [0.4, 0.5) is 20.2 Å². The van der Waals surface area contributed by atoms with Gasteiger partial charge in [0.05, 0.1) is 69.8 Å². The molecule has 2 aromatic carbocycles. The minimum Gasteiger partial charge on any atom is -0.450 e. The van der Waals surface area contributed by atoms with E-state index in [0.29, 0.717) is 74.8 Å². The van der Waals surface area contributed by atoms with Crippen LogP contribution >= 0.6 is 59.3 Å². The van der Waals surface area contributed by atoms with Gasteiger partial charge >= 0.3 is 34.4 Å². The summed E-state index contributed by atoms with van der Waals surface area (Å²) >= 11 is 0. The summed E-state index contributed by atoms with van der Waals surface area (Å²) in [6, 6.07) is 16.4. The molecule has 7 N–H and O–H groups in total. The SMILES string of the molecule is CSSCOC1C[C@H](n2cc(C#CCNC(=O)OCCCCOCSSC(C)(C)CCOC(=O)NCCOCCOCCNC(=O)OCC3c4ccccc4-c4ccccc43)c3c(N)ncnc32)O[C@@H]1COP(=O)(O)O[P+](=O)O. The fourth-order valence-corrected chi connectivity index (χ4v) is 12.3. The maximum Gasteiger partial charge on any atom is 0.705 e. The van der Waals surface area contributed by atoms with Crippen molar-refractivity contribution < 1.29 is 80.0 Å². The van der Waals surface area contributed by atoms with Gasteiger partial charge in [-0.3, -0.25) is 9.42 Å². The Labute approximate surface area is 474 Å². The van der Waals surface area contributed by atoms with Gasteiger partial charge in [-0.1, -0.05) is 104 Å². The number of anilines is 1. The lowest BCUT2D eigenvalue weighted by Crippen LogP contribution is -2.30.